The second kappa shape index (κ2) is 5.45. The Balaban J connectivity index is 2.73. The summed E-state index contributed by atoms with van der Waals surface area (Å²) in [4.78, 5) is 8.29. The zero-order chi connectivity index (χ0) is 12.2. The van der Waals surface area contributed by atoms with Gasteiger partial charge in [0, 0.05) is 19.8 Å². The van der Waals surface area contributed by atoms with Crippen molar-refractivity contribution in [2.45, 2.75) is 25.9 Å². The number of aromatic nitrogens is 2. The van der Waals surface area contributed by atoms with E-state index >= 15 is 0 Å². The lowest BCUT2D eigenvalue weighted by Gasteiger charge is -2.22. The molecular weight excluding hydrogens is 272 g/mol. The predicted octanol–water partition coefficient (Wildman–Crippen LogP) is 1.85. The van der Waals surface area contributed by atoms with Crippen LogP contribution in [-0.2, 0) is 0 Å². The number of nitrogens with zero attached hydrogens (tertiary/aromatic N) is 2. The number of hydrogen-bond donors (Lipinski definition) is 3. The van der Waals surface area contributed by atoms with Crippen molar-refractivity contribution in [3.05, 3.63) is 10.7 Å². The van der Waals surface area contributed by atoms with Gasteiger partial charge in [-0.25, -0.2) is 4.98 Å². The fourth-order valence-corrected chi connectivity index (χ4v) is 1.34. The zero-order valence-electron chi connectivity index (χ0n) is 9.71. The Kier molecular flexibility index (Phi) is 4.49. The summed E-state index contributed by atoms with van der Waals surface area (Å²) in [6.45, 7) is 4.17. The third-order valence-electron chi connectivity index (χ3n) is 2.37. The van der Waals surface area contributed by atoms with E-state index in [4.69, 9.17) is 0 Å². The molecule has 0 aromatic carbocycles. The maximum absolute atomic E-state index is 9.87. The minimum atomic E-state index is -0.732. The summed E-state index contributed by atoms with van der Waals surface area (Å²) in [5.74, 6) is 1.22. The molecule has 0 fully saturated rings. The van der Waals surface area contributed by atoms with Crippen molar-refractivity contribution in [3.8, 4) is 0 Å². The molecule has 0 amide bonds. The maximum Gasteiger partial charge on any atom is 0.224 e. The Morgan fingerprint density at radius 2 is 2.25 bits per heavy atom. The standard InChI is InChI=1S/C10H17BrN4O/c1-4-10(2,16)6-14-8-7(11)5-13-9(12-3)15-8/h5,16H,4,6H2,1-3H3,(H2,12,13,14,15). The summed E-state index contributed by atoms with van der Waals surface area (Å²) >= 11 is 3.35. The summed E-state index contributed by atoms with van der Waals surface area (Å²) in [7, 11) is 1.76. The van der Waals surface area contributed by atoms with E-state index in [0.29, 0.717) is 24.7 Å². The smallest absolute Gasteiger partial charge is 0.224 e. The van der Waals surface area contributed by atoms with E-state index < -0.39 is 5.60 Å². The van der Waals surface area contributed by atoms with Crippen LogP contribution in [0.3, 0.4) is 0 Å². The van der Waals surface area contributed by atoms with Crippen LogP contribution in [0.15, 0.2) is 10.7 Å². The van der Waals surface area contributed by atoms with Crippen molar-refractivity contribution in [2.75, 3.05) is 24.2 Å². The van der Waals surface area contributed by atoms with Gasteiger partial charge in [-0.15, -0.1) is 0 Å². The molecule has 3 N–H and O–H groups in total. The molecule has 1 heterocycles. The van der Waals surface area contributed by atoms with Gasteiger partial charge in [-0.2, -0.15) is 4.98 Å². The molecule has 1 rings (SSSR count). The molecule has 0 radical (unpaired) electrons. The number of hydrogen-bond acceptors (Lipinski definition) is 5. The van der Waals surface area contributed by atoms with Gasteiger partial charge in [-0.3, -0.25) is 0 Å². The van der Waals surface area contributed by atoms with E-state index in [1.54, 1.807) is 20.2 Å². The third kappa shape index (κ3) is 3.61. The van der Waals surface area contributed by atoms with E-state index in [1.807, 2.05) is 6.92 Å². The second-order valence-electron chi connectivity index (χ2n) is 3.84. The fourth-order valence-electron chi connectivity index (χ4n) is 1.01. The fraction of sp³-hybridized carbons (Fsp3) is 0.600. The van der Waals surface area contributed by atoms with Gasteiger partial charge in [0.05, 0.1) is 10.1 Å². The molecule has 0 aliphatic heterocycles. The molecule has 6 heteroatoms. The van der Waals surface area contributed by atoms with Crippen molar-refractivity contribution in [1.82, 2.24) is 9.97 Å². The van der Waals surface area contributed by atoms with E-state index in [9.17, 15) is 5.11 Å². The van der Waals surface area contributed by atoms with E-state index in [-0.39, 0.29) is 0 Å². The number of rotatable bonds is 5. The molecule has 0 spiro atoms. The summed E-state index contributed by atoms with van der Waals surface area (Å²) in [5, 5.41) is 15.8. The molecule has 1 aromatic rings. The highest BCUT2D eigenvalue weighted by molar-refractivity contribution is 9.10. The van der Waals surface area contributed by atoms with Crippen molar-refractivity contribution >= 4 is 27.7 Å². The van der Waals surface area contributed by atoms with Crippen LogP contribution in [-0.4, -0.2) is 34.3 Å². The SMILES string of the molecule is CCC(C)(O)CNc1nc(NC)ncc1Br. The average molecular weight is 289 g/mol. The number of anilines is 2. The number of aliphatic hydroxyl groups is 1. The van der Waals surface area contributed by atoms with Gasteiger partial charge in [0.2, 0.25) is 5.95 Å². The summed E-state index contributed by atoms with van der Waals surface area (Å²) in [6.07, 6.45) is 2.35. The van der Waals surface area contributed by atoms with Crippen LogP contribution in [0.25, 0.3) is 0 Å². The zero-order valence-corrected chi connectivity index (χ0v) is 11.3. The van der Waals surface area contributed by atoms with Gasteiger partial charge in [-0.05, 0) is 29.3 Å². The molecule has 1 aromatic heterocycles. The Morgan fingerprint density at radius 3 is 2.81 bits per heavy atom. The molecule has 0 saturated carbocycles. The van der Waals surface area contributed by atoms with Crippen LogP contribution >= 0.6 is 15.9 Å². The Hall–Kier alpha value is -0.880. The van der Waals surface area contributed by atoms with Gasteiger partial charge in [0.15, 0.2) is 0 Å². The molecule has 0 bridgehead atoms. The first-order valence-electron chi connectivity index (χ1n) is 5.15. The third-order valence-corrected chi connectivity index (χ3v) is 2.95. The minimum Gasteiger partial charge on any atom is -0.388 e. The van der Waals surface area contributed by atoms with Crippen LogP contribution in [0.1, 0.15) is 20.3 Å². The first kappa shape index (κ1) is 13.2. The van der Waals surface area contributed by atoms with Crippen LogP contribution in [0.4, 0.5) is 11.8 Å². The highest BCUT2D eigenvalue weighted by Crippen LogP contribution is 2.21. The van der Waals surface area contributed by atoms with Crippen LogP contribution < -0.4 is 10.6 Å². The molecule has 5 nitrogen and oxygen atoms in total. The highest BCUT2D eigenvalue weighted by Gasteiger charge is 2.17. The summed E-state index contributed by atoms with van der Waals surface area (Å²) < 4.78 is 0.776. The quantitative estimate of drug-likeness (QED) is 0.772. The van der Waals surface area contributed by atoms with Gasteiger partial charge in [0.1, 0.15) is 5.82 Å². The maximum atomic E-state index is 9.87. The summed E-state index contributed by atoms with van der Waals surface area (Å²) in [5.41, 5.74) is -0.732. The van der Waals surface area contributed by atoms with E-state index in [2.05, 4.69) is 36.5 Å². The second-order valence-corrected chi connectivity index (χ2v) is 4.70. The Labute approximate surface area is 104 Å². The van der Waals surface area contributed by atoms with Gasteiger partial charge in [0.25, 0.3) is 0 Å². The van der Waals surface area contributed by atoms with Crippen molar-refractivity contribution in [2.24, 2.45) is 0 Å². The topological polar surface area (TPSA) is 70.1 Å². The van der Waals surface area contributed by atoms with E-state index in [0.717, 1.165) is 4.47 Å². The Morgan fingerprint density at radius 1 is 1.56 bits per heavy atom. The van der Waals surface area contributed by atoms with Crippen molar-refractivity contribution in [1.29, 1.82) is 0 Å². The molecule has 16 heavy (non-hydrogen) atoms. The largest absolute Gasteiger partial charge is 0.388 e. The van der Waals surface area contributed by atoms with Gasteiger partial charge >= 0.3 is 0 Å². The van der Waals surface area contributed by atoms with Gasteiger partial charge in [-0.1, -0.05) is 6.92 Å². The molecule has 1 atom stereocenters. The van der Waals surface area contributed by atoms with Gasteiger partial charge < -0.3 is 15.7 Å². The molecule has 0 aliphatic rings. The number of halogens is 1. The van der Waals surface area contributed by atoms with Crippen LogP contribution in [0.5, 0.6) is 0 Å². The van der Waals surface area contributed by atoms with E-state index in [1.165, 1.54) is 0 Å². The van der Waals surface area contributed by atoms with Crippen LogP contribution in [0.2, 0.25) is 0 Å². The average Bonchev–Trinajstić information content (AvgIpc) is 2.28. The monoisotopic (exact) mass is 288 g/mol. The molecule has 90 valence electrons. The normalized spacial score (nSPS) is 14.3. The van der Waals surface area contributed by atoms with Crippen LogP contribution in [0, 0.1) is 0 Å². The lowest BCUT2D eigenvalue weighted by atomic mass is 10.0. The molecule has 1 unspecified atom stereocenters. The number of nitrogens with one attached hydrogen (secondary N) is 2. The molecule has 0 aliphatic carbocycles. The lowest BCUT2D eigenvalue weighted by Crippen LogP contribution is -2.32. The first-order chi connectivity index (χ1) is 7.48. The first-order valence-corrected chi connectivity index (χ1v) is 5.94. The highest BCUT2D eigenvalue weighted by atomic mass is 79.9. The molecular formula is C10H17BrN4O. The molecule has 0 saturated heterocycles. The minimum absolute atomic E-state index is 0.447. The lowest BCUT2D eigenvalue weighted by molar-refractivity contribution is 0.0696. The van der Waals surface area contributed by atoms with Crippen molar-refractivity contribution < 1.29 is 5.11 Å². The predicted molar refractivity (Wildman–Crippen MR) is 68.7 cm³/mol. The summed E-state index contributed by atoms with van der Waals surface area (Å²) in [6, 6.07) is 0. The van der Waals surface area contributed by atoms with Crippen molar-refractivity contribution in [3.63, 3.8) is 0 Å². The Bertz CT molecular complexity index is 357.